The Bertz CT molecular complexity index is 735. The number of para-hydroxylation sites is 1. The van der Waals surface area contributed by atoms with Gasteiger partial charge in [-0.2, -0.15) is 0 Å². The van der Waals surface area contributed by atoms with Gasteiger partial charge in [0.15, 0.2) is 0 Å². The second-order valence-electron chi connectivity index (χ2n) is 5.51. The molecule has 0 saturated carbocycles. The Morgan fingerprint density at radius 2 is 1.65 bits per heavy atom. The molecular weight excluding hydrogens is 286 g/mol. The van der Waals surface area contributed by atoms with E-state index < -0.39 is 0 Å². The van der Waals surface area contributed by atoms with Gasteiger partial charge in [-0.25, -0.2) is 0 Å². The van der Waals surface area contributed by atoms with E-state index in [0.29, 0.717) is 13.2 Å². The molecule has 3 rings (SSSR count). The van der Waals surface area contributed by atoms with Gasteiger partial charge in [-0.05, 0) is 36.2 Å². The van der Waals surface area contributed by atoms with E-state index >= 15 is 0 Å². The van der Waals surface area contributed by atoms with Crippen LogP contribution in [0.1, 0.15) is 22.5 Å². The SMILES string of the molecule is Cc1ccccc1COc1ccccc1CNCc1ccco1. The van der Waals surface area contributed by atoms with Crippen LogP contribution in [0.4, 0.5) is 0 Å². The molecule has 0 radical (unpaired) electrons. The zero-order valence-electron chi connectivity index (χ0n) is 13.3. The first kappa shape index (κ1) is 15.4. The maximum absolute atomic E-state index is 6.03. The molecule has 3 nitrogen and oxygen atoms in total. The molecule has 3 heteroatoms. The molecule has 118 valence electrons. The molecule has 0 unspecified atom stereocenters. The summed E-state index contributed by atoms with van der Waals surface area (Å²) in [7, 11) is 0. The summed E-state index contributed by atoms with van der Waals surface area (Å²) < 4.78 is 11.4. The number of aryl methyl sites for hydroxylation is 1. The van der Waals surface area contributed by atoms with E-state index in [1.165, 1.54) is 11.1 Å². The standard InChI is InChI=1S/C20H21NO2/c1-16-7-2-3-9-18(16)15-23-20-11-5-4-8-17(20)13-21-14-19-10-6-12-22-19/h2-12,21H,13-15H2,1H3. The maximum Gasteiger partial charge on any atom is 0.124 e. The third-order valence-corrected chi connectivity index (χ3v) is 3.81. The van der Waals surface area contributed by atoms with Crippen molar-refractivity contribution in [3.63, 3.8) is 0 Å². The lowest BCUT2D eigenvalue weighted by molar-refractivity contribution is 0.301. The van der Waals surface area contributed by atoms with Gasteiger partial charge in [-0.15, -0.1) is 0 Å². The molecule has 0 amide bonds. The van der Waals surface area contributed by atoms with Crippen molar-refractivity contribution < 1.29 is 9.15 Å². The number of hydrogen-bond acceptors (Lipinski definition) is 3. The molecule has 0 aliphatic heterocycles. The number of hydrogen-bond donors (Lipinski definition) is 1. The Hall–Kier alpha value is -2.52. The molecule has 0 saturated heterocycles. The fourth-order valence-electron chi connectivity index (χ4n) is 2.45. The van der Waals surface area contributed by atoms with Gasteiger partial charge >= 0.3 is 0 Å². The highest BCUT2D eigenvalue weighted by Crippen LogP contribution is 2.20. The summed E-state index contributed by atoms with van der Waals surface area (Å²) >= 11 is 0. The van der Waals surface area contributed by atoms with Crippen LogP contribution < -0.4 is 10.1 Å². The summed E-state index contributed by atoms with van der Waals surface area (Å²) in [6.45, 7) is 4.14. The summed E-state index contributed by atoms with van der Waals surface area (Å²) in [6.07, 6.45) is 1.69. The third-order valence-electron chi connectivity index (χ3n) is 3.81. The predicted octanol–water partition coefficient (Wildman–Crippen LogP) is 4.46. The van der Waals surface area contributed by atoms with Crippen LogP contribution in [0.25, 0.3) is 0 Å². The zero-order valence-corrected chi connectivity index (χ0v) is 13.3. The minimum absolute atomic E-state index is 0.585. The van der Waals surface area contributed by atoms with Crippen molar-refractivity contribution in [2.24, 2.45) is 0 Å². The first-order chi connectivity index (χ1) is 11.3. The van der Waals surface area contributed by atoms with Gasteiger partial charge in [-0.3, -0.25) is 0 Å². The van der Waals surface area contributed by atoms with E-state index in [1.54, 1.807) is 6.26 Å². The molecule has 1 N–H and O–H groups in total. The van der Waals surface area contributed by atoms with Crippen LogP contribution in [-0.4, -0.2) is 0 Å². The normalized spacial score (nSPS) is 10.7. The van der Waals surface area contributed by atoms with Crippen LogP contribution in [0.3, 0.4) is 0 Å². The second kappa shape index (κ2) is 7.65. The molecule has 23 heavy (non-hydrogen) atoms. The smallest absolute Gasteiger partial charge is 0.124 e. The quantitative estimate of drug-likeness (QED) is 0.700. The van der Waals surface area contributed by atoms with Crippen molar-refractivity contribution >= 4 is 0 Å². The Morgan fingerprint density at radius 1 is 0.870 bits per heavy atom. The van der Waals surface area contributed by atoms with Crippen LogP contribution in [0.2, 0.25) is 0 Å². The zero-order chi connectivity index (χ0) is 15.9. The van der Waals surface area contributed by atoms with Crippen LogP contribution in [-0.2, 0) is 19.7 Å². The molecule has 1 heterocycles. The molecule has 0 aliphatic carbocycles. The molecule has 0 aliphatic rings. The number of furan rings is 1. The summed E-state index contributed by atoms with van der Waals surface area (Å²) in [5.74, 6) is 1.85. The highest BCUT2D eigenvalue weighted by molar-refractivity contribution is 5.34. The first-order valence-electron chi connectivity index (χ1n) is 7.81. The lowest BCUT2D eigenvalue weighted by Gasteiger charge is -2.13. The van der Waals surface area contributed by atoms with Crippen molar-refractivity contribution in [2.45, 2.75) is 26.6 Å². The molecule has 2 aromatic carbocycles. The van der Waals surface area contributed by atoms with Crippen molar-refractivity contribution in [3.8, 4) is 5.75 Å². The summed E-state index contributed by atoms with van der Waals surface area (Å²) in [4.78, 5) is 0. The Balaban J connectivity index is 1.60. The molecule has 0 spiro atoms. The van der Waals surface area contributed by atoms with Gasteiger partial charge in [0, 0.05) is 12.1 Å². The summed E-state index contributed by atoms with van der Waals surface area (Å²) in [5.41, 5.74) is 3.61. The van der Waals surface area contributed by atoms with E-state index in [1.807, 2.05) is 42.5 Å². The van der Waals surface area contributed by atoms with Crippen LogP contribution >= 0.6 is 0 Å². The predicted molar refractivity (Wildman–Crippen MR) is 91.2 cm³/mol. The minimum Gasteiger partial charge on any atom is -0.489 e. The van der Waals surface area contributed by atoms with Gasteiger partial charge in [-0.1, -0.05) is 42.5 Å². The molecule has 0 fully saturated rings. The van der Waals surface area contributed by atoms with Gasteiger partial charge in [0.1, 0.15) is 18.1 Å². The van der Waals surface area contributed by atoms with Crippen molar-refractivity contribution in [2.75, 3.05) is 0 Å². The van der Waals surface area contributed by atoms with E-state index in [0.717, 1.165) is 23.6 Å². The lowest BCUT2D eigenvalue weighted by atomic mass is 10.1. The average Bonchev–Trinajstić information content (AvgIpc) is 3.09. The minimum atomic E-state index is 0.585. The topological polar surface area (TPSA) is 34.4 Å². The van der Waals surface area contributed by atoms with Gasteiger partial charge < -0.3 is 14.5 Å². The summed E-state index contributed by atoms with van der Waals surface area (Å²) in [5, 5.41) is 3.38. The molecule has 3 aromatic rings. The van der Waals surface area contributed by atoms with Crippen molar-refractivity contribution in [1.29, 1.82) is 0 Å². The van der Waals surface area contributed by atoms with E-state index in [-0.39, 0.29) is 0 Å². The lowest BCUT2D eigenvalue weighted by Crippen LogP contribution is -2.13. The fourth-order valence-corrected chi connectivity index (χ4v) is 2.45. The van der Waals surface area contributed by atoms with E-state index in [4.69, 9.17) is 9.15 Å². The van der Waals surface area contributed by atoms with Crippen molar-refractivity contribution in [1.82, 2.24) is 5.32 Å². The van der Waals surface area contributed by atoms with E-state index in [9.17, 15) is 0 Å². The first-order valence-corrected chi connectivity index (χ1v) is 7.81. The Kier molecular flexibility index (Phi) is 5.12. The molecule has 0 bridgehead atoms. The molecule has 0 atom stereocenters. The highest BCUT2D eigenvalue weighted by Gasteiger charge is 2.05. The summed E-state index contributed by atoms with van der Waals surface area (Å²) in [6, 6.07) is 20.3. The largest absolute Gasteiger partial charge is 0.489 e. The number of ether oxygens (including phenoxy) is 1. The number of nitrogens with one attached hydrogen (secondary N) is 1. The molecular formula is C20H21NO2. The monoisotopic (exact) mass is 307 g/mol. The number of rotatable bonds is 7. The molecule has 1 aromatic heterocycles. The Labute approximate surface area is 136 Å². The maximum atomic E-state index is 6.03. The number of benzene rings is 2. The van der Waals surface area contributed by atoms with Gasteiger partial charge in [0.2, 0.25) is 0 Å². The third kappa shape index (κ3) is 4.24. The van der Waals surface area contributed by atoms with Crippen LogP contribution in [0, 0.1) is 6.92 Å². The highest BCUT2D eigenvalue weighted by atomic mass is 16.5. The van der Waals surface area contributed by atoms with Crippen LogP contribution in [0.15, 0.2) is 71.3 Å². The van der Waals surface area contributed by atoms with E-state index in [2.05, 4.69) is 30.4 Å². The van der Waals surface area contributed by atoms with Gasteiger partial charge in [0.25, 0.3) is 0 Å². The van der Waals surface area contributed by atoms with Crippen molar-refractivity contribution in [3.05, 3.63) is 89.4 Å². The van der Waals surface area contributed by atoms with Crippen LogP contribution in [0.5, 0.6) is 5.75 Å². The van der Waals surface area contributed by atoms with Gasteiger partial charge in [0.05, 0.1) is 12.8 Å². The average molecular weight is 307 g/mol. The Morgan fingerprint density at radius 3 is 2.43 bits per heavy atom. The second-order valence-corrected chi connectivity index (χ2v) is 5.51. The fraction of sp³-hybridized carbons (Fsp3) is 0.200.